The summed E-state index contributed by atoms with van der Waals surface area (Å²) in [5.41, 5.74) is 1.93. The van der Waals surface area contributed by atoms with Crippen LogP contribution in [-0.2, 0) is 15.9 Å². The first-order valence-electron chi connectivity index (χ1n) is 6.94. The molecule has 0 N–H and O–H groups in total. The van der Waals surface area contributed by atoms with Crippen molar-refractivity contribution < 1.29 is 14.3 Å². The molecule has 0 saturated heterocycles. The summed E-state index contributed by atoms with van der Waals surface area (Å²) in [6.45, 7) is 8.92. The molecular formula is C16H24O3. The summed E-state index contributed by atoms with van der Waals surface area (Å²) in [5, 5.41) is 0. The predicted molar refractivity (Wildman–Crippen MR) is 76.7 cm³/mol. The van der Waals surface area contributed by atoms with Gasteiger partial charge in [0.25, 0.3) is 0 Å². The highest BCUT2D eigenvalue weighted by molar-refractivity contribution is 5.99. The molecule has 0 spiro atoms. The minimum atomic E-state index is -0.442. The highest BCUT2D eigenvalue weighted by atomic mass is 16.5. The lowest BCUT2D eigenvalue weighted by molar-refractivity contribution is -0.0296. The summed E-state index contributed by atoms with van der Waals surface area (Å²) >= 11 is 0. The molecule has 19 heavy (non-hydrogen) atoms. The molecule has 1 aromatic carbocycles. The first-order valence-corrected chi connectivity index (χ1v) is 6.94. The molecule has 1 aromatic rings. The molecule has 0 aliphatic heterocycles. The average Bonchev–Trinajstić information content (AvgIpc) is 2.44. The van der Waals surface area contributed by atoms with E-state index in [1.165, 1.54) is 5.56 Å². The lowest BCUT2D eigenvalue weighted by Crippen LogP contribution is -2.28. The van der Waals surface area contributed by atoms with E-state index in [-0.39, 0.29) is 11.9 Å². The first kappa shape index (κ1) is 15.9. The molecule has 0 fully saturated rings. The summed E-state index contributed by atoms with van der Waals surface area (Å²) in [5.74, 6) is 0.0194. The molecule has 3 nitrogen and oxygen atoms in total. The van der Waals surface area contributed by atoms with Gasteiger partial charge in [0.05, 0.1) is 12.7 Å². The van der Waals surface area contributed by atoms with Crippen LogP contribution in [0.4, 0.5) is 0 Å². The number of ketones is 1. The summed E-state index contributed by atoms with van der Waals surface area (Å²) in [6, 6.07) is 7.72. The third-order valence-electron chi connectivity index (χ3n) is 3.01. The van der Waals surface area contributed by atoms with Crippen molar-refractivity contribution in [1.82, 2.24) is 0 Å². The van der Waals surface area contributed by atoms with Gasteiger partial charge in [0.1, 0.15) is 6.10 Å². The Morgan fingerprint density at radius 3 is 2.32 bits per heavy atom. The number of benzene rings is 1. The van der Waals surface area contributed by atoms with Gasteiger partial charge in [-0.3, -0.25) is 4.79 Å². The monoisotopic (exact) mass is 264 g/mol. The molecule has 0 radical (unpaired) electrons. The minimum absolute atomic E-state index is 0.0194. The van der Waals surface area contributed by atoms with E-state index in [1.54, 1.807) is 6.92 Å². The molecule has 1 rings (SSSR count). The fourth-order valence-corrected chi connectivity index (χ4v) is 1.87. The molecule has 2 unspecified atom stereocenters. The Bertz CT molecular complexity index is 383. The average molecular weight is 264 g/mol. The molecular weight excluding hydrogens is 240 g/mol. The zero-order valence-electron chi connectivity index (χ0n) is 12.3. The fourth-order valence-electron chi connectivity index (χ4n) is 1.87. The molecule has 0 bridgehead atoms. The van der Waals surface area contributed by atoms with E-state index in [9.17, 15) is 4.79 Å². The number of aryl methyl sites for hydroxylation is 1. The van der Waals surface area contributed by atoms with Crippen LogP contribution in [0.2, 0.25) is 0 Å². The summed E-state index contributed by atoms with van der Waals surface area (Å²) in [4.78, 5) is 12.2. The molecule has 106 valence electrons. The standard InChI is InChI=1S/C16H24O3/c1-5-14-7-9-15(10-8-14)16(17)13(4)19-12(3)11-18-6-2/h7-10,12-13H,5-6,11H2,1-4H3. The van der Waals surface area contributed by atoms with Gasteiger partial charge in [-0.1, -0.05) is 31.2 Å². The van der Waals surface area contributed by atoms with Crippen LogP contribution < -0.4 is 0 Å². The number of carbonyl (C=O) groups is 1. The van der Waals surface area contributed by atoms with Crippen LogP contribution in [0.15, 0.2) is 24.3 Å². The number of rotatable bonds is 8. The van der Waals surface area contributed by atoms with Gasteiger partial charge in [0.15, 0.2) is 5.78 Å². The quantitative estimate of drug-likeness (QED) is 0.676. The van der Waals surface area contributed by atoms with E-state index in [0.29, 0.717) is 18.8 Å². The smallest absolute Gasteiger partial charge is 0.191 e. The molecule has 0 aliphatic carbocycles. The maximum Gasteiger partial charge on any atom is 0.191 e. The third kappa shape index (κ3) is 5.13. The number of ether oxygens (including phenoxy) is 2. The lowest BCUT2D eigenvalue weighted by Gasteiger charge is -2.18. The molecule has 3 heteroatoms. The maximum atomic E-state index is 12.2. The Morgan fingerprint density at radius 2 is 1.79 bits per heavy atom. The molecule has 0 heterocycles. The molecule has 0 amide bonds. The van der Waals surface area contributed by atoms with E-state index >= 15 is 0 Å². The van der Waals surface area contributed by atoms with Crippen molar-refractivity contribution >= 4 is 5.78 Å². The van der Waals surface area contributed by atoms with Crippen LogP contribution in [0.25, 0.3) is 0 Å². The van der Waals surface area contributed by atoms with Gasteiger partial charge in [-0.2, -0.15) is 0 Å². The highest BCUT2D eigenvalue weighted by Crippen LogP contribution is 2.11. The van der Waals surface area contributed by atoms with Crippen LogP contribution in [-0.4, -0.2) is 31.2 Å². The molecule has 0 aromatic heterocycles. The van der Waals surface area contributed by atoms with Crippen molar-refractivity contribution in [3.05, 3.63) is 35.4 Å². The Morgan fingerprint density at radius 1 is 1.16 bits per heavy atom. The van der Waals surface area contributed by atoms with Crippen molar-refractivity contribution in [2.75, 3.05) is 13.2 Å². The highest BCUT2D eigenvalue weighted by Gasteiger charge is 2.18. The normalized spacial score (nSPS) is 14.1. The minimum Gasteiger partial charge on any atom is -0.379 e. The molecule has 2 atom stereocenters. The summed E-state index contributed by atoms with van der Waals surface area (Å²) in [6.07, 6.45) is 0.461. The van der Waals surface area contributed by atoms with Crippen molar-refractivity contribution in [3.8, 4) is 0 Å². The first-order chi connectivity index (χ1) is 9.08. The van der Waals surface area contributed by atoms with Crippen molar-refractivity contribution in [2.24, 2.45) is 0 Å². The van der Waals surface area contributed by atoms with Gasteiger partial charge in [-0.05, 0) is 32.8 Å². The SMILES string of the molecule is CCOCC(C)OC(C)C(=O)c1ccc(CC)cc1. The number of hydrogen-bond acceptors (Lipinski definition) is 3. The zero-order chi connectivity index (χ0) is 14.3. The zero-order valence-corrected chi connectivity index (χ0v) is 12.3. The van der Waals surface area contributed by atoms with Gasteiger partial charge >= 0.3 is 0 Å². The number of hydrogen-bond donors (Lipinski definition) is 0. The Hall–Kier alpha value is -1.19. The maximum absolute atomic E-state index is 12.2. The Labute approximate surface area is 115 Å². The largest absolute Gasteiger partial charge is 0.379 e. The van der Waals surface area contributed by atoms with Crippen LogP contribution in [0.3, 0.4) is 0 Å². The van der Waals surface area contributed by atoms with E-state index in [1.807, 2.05) is 38.1 Å². The Balaban J connectivity index is 2.55. The van der Waals surface area contributed by atoms with Gasteiger partial charge in [-0.25, -0.2) is 0 Å². The van der Waals surface area contributed by atoms with Crippen molar-refractivity contribution in [1.29, 1.82) is 0 Å². The molecule has 0 saturated carbocycles. The topological polar surface area (TPSA) is 35.5 Å². The third-order valence-corrected chi connectivity index (χ3v) is 3.01. The van der Waals surface area contributed by atoms with E-state index in [4.69, 9.17) is 9.47 Å². The number of Topliss-reactive ketones (excluding diaryl/α,β-unsaturated/α-hetero) is 1. The fraction of sp³-hybridized carbons (Fsp3) is 0.562. The van der Waals surface area contributed by atoms with Crippen molar-refractivity contribution in [2.45, 2.75) is 46.3 Å². The van der Waals surface area contributed by atoms with Crippen molar-refractivity contribution in [3.63, 3.8) is 0 Å². The lowest BCUT2D eigenvalue weighted by atomic mass is 10.0. The summed E-state index contributed by atoms with van der Waals surface area (Å²) < 4.78 is 10.9. The van der Waals surface area contributed by atoms with E-state index in [0.717, 1.165) is 6.42 Å². The van der Waals surface area contributed by atoms with Crippen LogP contribution >= 0.6 is 0 Å². The predicted octanol–water partition coefficient (Wildman–Crippen LogP) is 3.26. The second kappa shape index (κ2) is 8.08. The second-order valence-corrected chi connectivity index (χ2v) is 4.66. The van der Waals surface area contributed by atoms with E-state index < -0.39 is 6.10 Å². The molecule has 0 aliphatic rings. The van der Waals surface area contributed by atoms with Gasteiger partial charge < -0.3 is 9.47 Å². The summed E-state index contributed by atoms with van der Waals surface area (Å²) in [7, 11) is 0. The second-order valence-electron chi connectivity index (χ2n) is 4.66. The van der Waals surface area contributed by atoms with Crippen LogP contribution in [0, 0.1) is 0 Å². The van der Waals surface area contributed by atoms with Gasteiger partial charge in [-0.15, -0.1) is 0 Å². The van der Waals surface area contributed by atoms with Crippen LogP contribution in [0.5, 0.6) is 0 Å². The van der Waals surface area contributed by atoms with Gasteiger partial charge in [0, 0.05) is 12.2 Å². The Kier molecular flexibility index (Phi) is 6.74. The van der Waals surface area contributed by atoms with Crippen LogP contribution in [0.1, 0.15) is 43.6 Å². The van der Waals surface area contributed by atoms with E-state index in [2.05, 4.69) is 6.92 Å². The number of carbonyl (C=O) groups excluding carboxylic acids is 1. The van der Waals surface area contributed by atoms with Gasteiger partial charge in [0.2, 0.25) is 0 Å².